The van der Waals surface area contributed by atoms with Crippen molar-refractivity contribution in [1.82, 2.24) is 9.88 Å². The van der Waals surface area contributed by atoms with E-state index in [1.165, 1.54) is 0 Å². The van der Waals surface area contributed by atoms with Gasteiger partial charge in [0, 0.05) is 23.3 Å². The second-order valence-electron chi connectivity index (χ2n) is 5.31. The first kappa shape index (κ1) is 17.4. The molecule has 0 fully saturated rings. The number of halogens is 2. The number of rotatable bonds is 6. The number of amides is 1. The van der Waals surface area contributed by atoms with Crippen LogP contribution in [0.4, 0.5) is 0 Å². The van der Waals surface area contributed by atoms with Gasteiger partial charge in [0.05, 0.1) is 5.56 Å². The van der Waals surface area contributed by atoms with E-state index in [0.29, 0.717) is 11.5 Å². The number of carbonyl (C=O) groups is 1. The van der Waals surface area contributed by atoms with Crippen LogP contribution in [0.3, 0.4) is 0 Å². The van der Waals surface area contributed by atoms with Gasteiger partial charge in [-0.25, -0.2) is 4.98 Å². The molecular formula is C15H22BrClN2O. The molecule has 0 N–H and O–H groups in total. The van der Waals surface area contributed by atoms with Crippen LogP contribution in [0.1, 0.15) is 50.9 Å². The zero-order valence-electron chi connectivity index (χ0n) is 12.5. The maximum absolute atomic E-state index is 12.8. The van der Waals surface area contributed by atoms with Crippen LogP contribution in [0.15, 0.2) is 16.7 Å². The maximum atomic E-state index is 12.8. The molecular weight excluding hydrogens is 340 g/mol. The van der Waals surface area contributed by atoms with Crippen LogP contribution in [0, 0.1) is 5.92 Å². The number of hydrogen-bond acceptors (Lipinski definition) is 2. The molecule has 0 saturated heterocycles. The lowest BCUT2D eigenvalue weighted by molar-refractivity contribution is 0.0640. The van der Waals surface area contributed by atoms with Gasteiger partial charge >= 0.3 is 0 Å². The van der Waals surface area contributed by atoms with Crippen LogP contribution in [-0.4, -0.2) is 28.4 Å². The molecule has 112 valence electrons. The smallest absolute Gasteiger partial charge is 0.257 e. The van der Waals surface area contributed by atoms with Gasteiger partial charge in [-0.2, -0.15) is 0 Å². The molecule has 1 rings (SSSR count). The fourth-order valence-corrected chi connectivity index (χ4v) is 2.76. The summed E-state index contributed by atoms with van der Waals surface area (Å²) >= 11 is 9.43. The second kappa shape index (κ2) is 7.99. The summed E-state index contributed by atoms with van der Waals surface area (Å²) < 4.78 is 0.763. The lowest BCUT2D eigenvalue weighted by Gasteiger charge is -2.32. The van der Waals surface area contributed by atoms with Crippen molar-refractivity contribution >= 4 is 33.4 Å². The SMILES string of the molecule is CCC(CC)N(CC(C)C)C(=O)c1cc(Br)cnc1Cl. The van der Waals surface area contributed by atoms with E-state index in [9.17, 15) is 4.79 Å². The highest BCUT2D eigenvalue weighted by Gasteiger charge is 2.25. The summed E-state index contributed by atoms with van der Waals surface area (Å²) in [6.45, 7) is 9.17. The van der Waals surface area contributed by atoms with Crippen molar-refractivity contribution in [3.05, 3.63) is 27.5 Å². The third-order valence-electron chi connectivity index (χ3n) is 3.24. The van der Waals surface area contributed by atoms with Crippen molar-refractivity contribution in [3.63, 3.8) is 0 Å². The number of pyridine rings is 1. The Bertz CT molecular complexity index is 461. The first-order valence-electron chi connectivity index (χ1n) is 7.02. The van der Waals surface area contributed by atoms with Crippen LogP contribution >= 0.6 is 27.5 Å². The largest absolute Gasteiger partial charge is 0.335 e. The zero-order valence-corrected chi connectivity index (χ0v) is 14.8. The van der Waals surface area contributed by atoms with Crippen molar-refractivity contribution in [3.8, 4) is 0 Å². The summed E-state index contributed by atoms with van der Waals surface area (Å²) in [6, 6.07) is 1.98. The molecule has 0 aliphatic carbocycles. The predicted molar refractivity (Wildman–Crippen MR) is 87.2 cm³/mol. The average molecular weight is 362 g/mol. The van der Waals surface area contributed by atoms with Crippen LogP contribution in [-0.2, 0) is 0 Å². The third-order valence-corrected chi connectivity index (χ3v) is 3.98. The molecule has 0 saturated carbocycles. The Morgan fingerprint density at radius 3 is 2.50 bits per heavy atom. The number of nitrogens with zero attached hydrogens (tertiary/aromatic N) is 2. The minimum Gasteiger partial charge on any atom is -0.335 e. The summed E-state index contributed by atoms with van der Waals surface area (Å²) in [7, 11) is 0. The molecule has 20 heavy (non-hydrogen) atoms. The van der Waals surface area contributed by atoms with E-state index in [-0.39, 0.29) is 17.1 Å². The van der Waals surface area contributed by atoms with Gasteiger partial charge in [0.2, 0.25) is 0 Å². The molecule has 3 nitrogen and oxygen atoms in total. The van der Waals surface area contributed by atoms with Gasteiger partial charge in [-0.15, -0.1) is 0 Å². The summed E-state index contributed by atoms with van der Waals surface area (Å²) in [5.74, 6) is 0.379. The Morgan fingerprint density at radius 2 is 2.00 bits per heavy atom. The van der Waals surface area contributed by atoms with Crippen molar-refractivity contribution < 1.29 is 4.79 Å². The molecule has 1 aromatic heterocycles. The summed E-state index contributed by atoms with van der Waals surface area (Å²) in [5.41, 5.74) is 0.466. The Balaban J connectivity index is 3.12. The summed E-state index contributed by atoms with van der Waals surface area (Å²) in [4.78, 5) is 18.8. The van der Waals surface area contributed by atoms with Crippen LogP contribution in [0.25, 0.3) is 0 Å². The first-order chi connectivity index (χ1) is 9.40. The Morgan fingerprint density at radius 1 is 1.40 bits per heavy atom. The number of carbonyl (C=O) groups excluding carboxylic acids is 1. The van der Waals surface area contributed by atoms with Crippen LogP contribution in [0.5, 0.6) is 0 Å². The van der Waals surface area contributed by atoms with Gasteiger partial charge in [-0.05, 0) is 40.8 Å². The van der Waals surface area contributed by atoms with Gasteiger partial charge < -0.3 is 4.90 Å². The average Bonchev–Trinajstić information content (AvgIpc) is 2.40. The van der Waals surface area contributed by atoms with E-state index >= 15 is 0 Å². The Hall–Kier alpha value is -0.610. The molecule has 0 bridgehead atoms. The molecule has 1 aromatic rings. The first-order valence-corrected chi connectivity index (χ1v) is 8.19. The molecule has 0 atom stereocenters. The third kappa shape index (κ3) is 4.45. The molecule has 1 heterocycles. The van der Waals surface area contributed by atoms with Gasteiger partial charge in [0.25, 0.3) is 5.91 Å². The zero-order chi connectivity index (χ0) is 15.3. The summed E-state index contributed by atoms with van der Waals surface area (Å²) in [6.07, 6.45) is 3.48. The van der Waals surface area contributed by atoms with Crippen molar-refractivity contribution in [1.29, 1.82) is 0 Å². The van der Waals surface area contributed by atoms with E-state index in [1.807, 2.05) is 4.90 Å². The fourth-order valence-electron chi connectivity index (χ4n) is 2.25. The lowest BCUT2D eigenvalue weighted by atomic mass is 10.1. The van der Waals surface area contributed by atoms with Crippen LogP contribution < -0.4 is 0 Å². The fraction of sp³-hybridized carbons (Fsp3) is 0.600. The standard InChI is InChI=1S/C15H22BrClN2O/c1-5-12(6-2)19(9-10(3)4)15(20)13-7-11(16)8-18-14(13)17/h7-8,10,12H,5-6,9H2,1-4H3. The highest BCUT2D eigenvalue weighted by atomic mass is 79.9. The normalized spacial score (nSPS) is 11.2. The molecule has 0 unspecified atom stereocenters. The monoisotopic (exact) mass is 360 g/mol. The number of aromatic nitrogens is 1. The van der Waals surface area contributed by atoms with Gasteiger partial charge in [0.1, 0.15) is 5.15 Å². The minimum atomic E-state index is -0.0359. The second-order valence-corrected chi connectivity index (χ2v) is 6.59. The minimum absolute atomic E-state index is 0.0359. The van der Waals surface area contributed by atoms with Crippen LogP contribution in [0.2, 0.25) is 5.15 Å². The van der Waals surface area contributed by atoms with E-state index in [0.717, 1.165) is 23.9 Å². The van der Waals surface area contributed by atoms with E-state index < -0.39 is 0 Å². The van der Waals surface area contributed by atoms with E-state index in [1.54, 1.807) is 12.3 Å². The summed E-state index contributed by atoms with van der Waals surface area (Å²) in [5, 5.41) is 0.262. The van der Waals surface area contributed by atoms with Gasteiger partial charge in [-0.3, -0.25) is 4.79 Å². The van der Waals surface area contributed by atoms with Crippen molar-refractivity contribution in [2.45, 2.75) is 46.6 Å². The lowest BCUT2D eigenvalue weighted by Crippen LogP contribution is -2.42. The van der Waals surface area contributed by atoms with Gasteiger partial charge in [-0.1, -0.05) is 39.3 Å². The molecule has 5 heteroatoms. The molecule has 0 aliphatic heterocycles. The molecule has 0 aromatic carbocycles. The Labute approximate surface area is 134 Å². The van der Waals surface area contributed by atoms with Gasteiger partial charge in [0.15, 0.2) is 0 Å². The van der Waals surface area contributed by atoms with Crippen molar-refractivity contribution in [2.24, 2.45) is 5.92 Å². The molecule has 0 aliphatic rings. The highest BCUT2D eigenvalue weighted by molar-refractivity contribution is 9.10. The van der Waals surface area contributed by atoms with E-state index in [2.05, 4.69) is 48.6 Å². The van der Waals surface area contributed by atoms with E-state index in [4.69, 9.17) is 11.6 Å². The topological polar surface area (TPSA) is 33.2 Å². The number of hydrogen-bond donors (Lipinski definition) is 0. The molecule has 0 spiro atoms. The predicted octanol–water partition coefficient (Wildman–Crippen LogP) is 4.78. The Kier molecular flexibility index (Phi) is 6.96. The molecule has 0 radical (unpaired) electrons. The maximum Gasteiger partial charge on any atom is 0.257 e. The van der Waals surface area contributed by atoms with Crippen molar-refractivity contribution in [2.75, 3.05) is 6.54 Å². The molecule has 1 amide bonds. The quantitative estimate of drug-likeness (QED) is 0.683. The highest BCUT2D eigenvalue weighted by Crippen LogP contribution is 2.22.